The third kappa shape index (κ3) is 4.83. The van der Waals surface area contributed by atoms with Crippen LogP contribution < -0.4 is 16.0 Å². The van der Waals surface area contributed by atoms with E-state index >= 15 is 0 Å². The minimum Gasteiger partial charge on any atom is -0.366 e. The summed E-state index contributed by atoms with van der Waals surface area (Å²) in [5, 5.41) is 9.08. The Balaban J connectivity index is 0.00000242. The average Bonchev–Trinajstić information content (AvgIpc) is 2.54. The number of carbonyl (C=O) groups excluding carboxylic acids is 2. The van der Waals surface area contributed by atoms with E-state index in [9.17, 15) is 9.59 Å². The SMILES string of the molecule is CCCNC(=O)C1(NC(=O)C2CNCCO2)CCCCC1.Cl. The Morgan fingerprint density at radius 3 is 2.59 bits per heavy atom. The van der Waals surface area contributed by atoms with Gasteiger partial charge in [-0.15, -0.1) is 12.4 Å². The van der Waals surface area contributed by atoms with Crippen molar-refractivity contribution < 1.29 is 14.3 Å². The second-order valence-corrected chi connectivity index (χ2v) is 5.95. The molecule has 1 aliphatic heterocycles. The molecule has 22 heavy (non-hydrogen) atoms. The highest BCUT2D eigenvalue weighted by Gasteiger charge is 2.42. The first-order valence-corrected chi connectivity index (χ1v) is 8.10. The molecule has 1 heterocycles. The van der Waals surface area contributed by atoms with Gasteiger partial charge in [-0.05, 0) is 19.3 Å². The quantitative estimate of drug-likeness (QED) is 0.693. The molecule has 0 aromatic rings. The van der Waals surface area contributed by atoms with Crippen molar-refractivity contribution in [3.05, 3.63) is 0 Å². The lowest BCUT2D eigenvalue weighted by molar-refractivity contribution is -0.142. The Bertz CT molecular complexity index is 367. The van der Waals surface area contributed by atoms with Crippen molar-refractivity contribution in [3.63, 3.8) is 0 Å². The minimum atomic E-state index is -0.745. The van der Waals surface area contributed by atoms with Crippen LogP contribution in [0.15, 0.2) is 0 Å². The highest BCUT2D eigenvalue weighted by molar-refractivity contribution is 5.93. The molecule has 2 amide bonds. The minimum absolute atomic E-state index is 0. The van der Waals surface area contributed by atoms with Crippen LogP contribution in [0.2, 0.25) is 0 Å². The molecule has 1 atom stereocenters. The second kappa shape index (κ2) is 9.33. The zero-order valence-electron chi connectivity index (χ0n) is 13.3. The van der Waals surface area contributed by atoms with E-state index in [0.29, 0.717) is 32.5 Å². The summed E-state index contributed by atoms with van der Waals surface area (Å²) < 4.78 is 5.48. The molecule has 7 heteroatoms. The lowest BCUT2D eigenvalue weighted by Gasteiger charge is -2.38. The number of hydrogen-bond acceptors (Lipinski definition) is 4. The van der Waals surface area contributed by atoms with Crippen molar-refractivity contribution in [2.75, 3.05) is 26.2 Å². The molecule has 1 aliphatic carbocycles. The van der Waals surface area contributed by atoms with Gasteiger partial charge in [0.2, 0.25) is 5.91 Å². The number of halogens is 1. The average molecular weight is 334 g/mol. The normalized spacial score (nSPS) is 24.0. The van der Waals surface area contributed by atoms with Crippen LogP contribution in [-0.4, -0.2) is 49.7 Å². The van der Waals surface area contributed by atoms with Gasteiger partial charge in [0.25, 0.3) is 5.91 Å². The Morgan fingerprint density at radius 1 is 1.27 bits per heavy atom. The van der Waals surface area contributed by atoms with Gasteiger partial charge in [-0.3, -0.25) is 9.59 Å². The largest absolute Gasteiger partial charge is 0.366 e. The first kappa shape index (κ1) is 19.2. The van der Waals surface area contributed by atoms with Crippen LogP contribution in [0.25, 0.3) is 0 Å². The van der Waals surface area contributed by atoms with Gasteiger partial charge in [-0.2, -0.15) is 0 Å². The van der Waals surface area contributed by atoms with Gasteiger partial charge in [0.05, 0.1) is 6.61 Å². The first-order chi connectivity index (χ1) is 10.2. The molecular formula is C15H28ClN3O3. The summed E-state index contributed by atoms with van der Waals surface area (Å²) in [5.74, 6) is -0.211. The molecule has 0 spiro atoms. The summed E-state index contributed by atoms with van der Waals surface area (Å²) in [4.78, 5) is 24.9. The van der Waals surface area contributed by atoms with Crippen LogP contribution in [0.5, 0.6) is 0 Å². The highest BCUT2D eigenvalue weighted by Crippen LogP contribution is 2.28. The predicted molar refractivity (Wildman–Crippen MR) is 87.1 cm³/mol. The molecule has 0 bridgehead atoms. The molecule has 2 fully saturated rings. The van der Waals surface area contributed by atoms with E-state index in [1.807, 2.05) is 6.92 Å². The molecule has 2 aliphatic rings. The second-order valence-electron chi connectivity index (χ2n) is 5.95. The number of carbonyl (C=O) groups is 2. The summed E-state index contributed by atoms with van der Waals surface area (Å²) in [6, 6.07) is 0. The maximum atomic E-state index is 12.5. The molecule has 0 aromatic carbocycles. The number of morpholine rings is 1. The fourth-order valence-electron chi connectivity index (χ4n) is 3.02. The zero-order chi connectivity index (χ0) is 15.1. The van der Waals surface area contributed by atoms with Crippen LogP contribution in [0, 0.1) is 0 Å². The van der Waals surface area contributed by atoms with E-state index in [2.05, 4.69) is 16.0 Å². The Morgan fingerprint density at radius 2 is 2.00 bits per heavy atom. The van der Waals surface area contributed by atoms with Crippen LogP contribution in [0.4, 0.5) is 0 Å². The van der Waals surface area contributed by atoms with E-state index in [1.54, 1.807) is 0 Å². The summed E-state index contributed by atoms with van der Waals surface area (Å²) in [7, 11) is 0. The molecule has 0 aromatic heterocycles. The Kier molecular flexibility index (Phi) is 8.14. The highest BCUT2D eigenvalue weighted by atomic mass is 35.5. The van der Waals surface area contributed by atoms with E-state index in [4.69, 9.17) is 4.74 Å². The lowest BCUT2D eigenvalue weighted by Crippen LogP contribution is -2.62. The third-order valence-electron chi connectivity index (χ3n) is 4.26. The summed E-state index contributed by atoms with van der Waals surface area (Å²) >= 11 is 0. The lowest BCUT2D eigenvalue weighted by atomic mass is 9.80. The molecule has 3 N–H and O–H groups in total. The van der Waals surface area contributed by atoms with Crippen molar-refractivity contribution in [2.24, 2.45) is 0 Å². The van der Waals surface area contributed by atoms with Gasteiger partial charge in [0.1, 0.15) is 11.6 Å². The molecule has 6 nitrogen and oxygen atoms in total. The van der Waals surface area contributed by atoms with Gasteiger partial charge in [-0.1, -0.05) is 26.2 Å². The van der Waals surface area contributed by atoms with Crippen molar-refractivity contribution in [3.8, 4) is 0 Å². The van der Waals surface area contributed by atoms with Gasteiger partial charge in [0.15, 0.2) is 0 Å². The fourth-order valence-corrected chi connectivity index (χ4v) is 3.02. The number of hydrogen-bond donors (Lipinski definition) is 3. The van der Waals surface area contributed by atoms with Crippen LogP contribution in [0.3, 0.4) is 0 Å². The van der Waals surface area contributed by atoms with Crippen molar-refractivity contribution >= 4 is 24.2 Å². The standard InChI is InChI=1S/C15H27N3O3.ClH/c1-2-8-17-14(20)15(6-4-3-5-7-15)18-13(19)12-11-16-9-10-21-12;/h12,16H,2-11H2,1H3,(H,17,20)(H,18,19);1H. The van der Waals surface area contributed by atoms with Crippen molar-refractivity contribution in [1.82, 2.24) is 16.0 Å². The van der Waals surface area contributed by atoms with E-state index in [1.165, 1.54) is 0 Å². The monoisotopic (exact) mass is 333 g/mol. The topological polar surface area (TPSA) is 79.5 Å². The van der Waals surface area contributed by atoms with Gasteiger partial charge < -0.3 is 20.7 Å². The Labute approximate surface area is 138 Å². The predicted octanol–water partition coefficient (Wildman–Crippen LogP) is 0.742. The first-order valence-electron chi connectivity index (χ1n) is 8.10. The maximum Gasteiger partial charge on any atom is 0.251 e. The molecule has 1 saturated heterocycles. The molecule has 1 unspecified atom stereocenters. The molecule has 2 rings (SSSR count). The van der Waals surface area contributed by atoms with E-state index < -0.39 is 11.6 Å². The zero-order valence-corrected chi connectivity index (χ0v) is 14.1. The van der Waals surface area contributed by atoms with Crippen LogP contribution >= 0.6 is 12.4 Å². The van der Waals surface area contributed by atoms with Crippen molar-refractivity contribution in [2.45, 2.75) is 57.1 Å². The molecular weight excluding hydrogens is 306 g/mol. The fraction of sp³-hybridized carbons (Fsp3) is 0.867. The van der Waals surface area contributed by atoms with Gasteiger partial charge >= 0.3 is 0 Å². The number of amides is 2. The van der Waals surface area contributed by atoms with Gasteiger partial charge in [-0.25, -0.2) is 0 Å². The molecule has 1 saturated carbocycles. The Hall–Kier alpha value is -0.850. The van der Waals surface area contributed by atoms with E-state index in [0.717, 1.165) is 32.2 Å². The smallest absolute Gasteiger partial charge is 0.251 e. The maximum absolute atomic E-state index is 12.5. The molecule has 128 valence electrons. The van der Waals surface area contributed by atoms with Crippen LogP contribution in [-0.2, 0) is 14.3 Å². The summed E-state index contributed by atoms with van der Waals surface area (Å²) in [5.41, 5.74) is -0.745. The number of nitrogens with one attached hydrogen (secondary N) is 3. The number of ether oxygens (including phenoxy) is 1. The summed E-state index contributed by atoms with van der Waals surface area (Å²) in [6.07, 6.45) is 4.92. The van der Waals surface area contributed by atoms with E-state index in [-0.39, 0.29) is 24.2 Å². The summed E-state index contributed by atoms with van der Waals surface area (Å²) in [6.45, 7) is 4.49. The van der Waals surface area contributed by atoms with Crippen molar-refractivity contribution in [1.29, 1.82) is 0 Å². The number of rotatable bonds is 5. The third-order valence-corrected chi connectivity index (χ3v) is 4.26. The van der Waals surface area contributed by atoms with Gasteiger partial charge in [0, 0.05) is 19.6 Å². The van der Waals surface area contributed by atoms with Crippen LogP contribution in [0.1, 0.15) is 45.4 Å². The molecule has 0 radical (unpaired) electrons.